The molecule has 1 aliphatic rings. The van der Waals surface area contributed by atoms with Crippen molar-refractivity contribution in [2.45, 2.75) is 70.3 Å². The number of carboxylic acids is 1. The van der Waals surface area contributed by atoms with Crippen LogP contribution < -0.4 is 5.11 Å². The van der Waals surface area contributed by atoms with E-state index in [1.54, 1.807) is 0 Å². The molecule has 0 aliphatic carbocycles. The van der Waals surface area contributed by atoms with Crippen LogP contribution in [0.5, 0.6) is 0 Å². The molecule has 0 bridgehead atoms. The van der Waals surface area contributed by atoms with E-state index in [0.29, 0.717) is 6.10 Å². The van der Waals surface area contributed by atoms with Gasteiger partial charge in [-0.2, -0.15) is 0 Å². The first-order valence-corrected chi connectivity index (χ1v) is 7.68. The fraction of sp³-hybridized carbons (Fsp3) is 0.933. The Morgan fingerprint density at radius 3 is 2.16 bits per heavy atom. The molecule has 1 atom stereocenters. The zero-order valence-electron chi connectivity index (χ0n) is 11.9. The van der Waals surface area contributed by atoms with Crippen molar-refractivity contribution >= 4 is 5.97 Å². The molecular formula is C15H27O4-. The molecule has 4 heteroatoms. The predicted molar refractivity (Wildman–Crippen MR) is 71.7 cm³/mol. The molecule has 0 radical (unpaired) electrons. The predicted octanol–water partition coefficient (Wildman–Crippen LogP) is 2.05. The van der Waals surface area contributed by atoms with Gasteiger partial charge in [-0.05, 0) is 19.3 Å². The summed E-state index contributed by atoms with van der Waals surface area (Å²) in [5, 5.41) is 10.2. The lowest BCUT2D eigenvalue weighted by Gasteiger charge is -2.22. The zero-order chi connectivity index (χ0) is 13.8. The molecule has 0 N–H and O–H groups in total. The van der Waals surface area contributed by atoms with Gasteiger partial charge in [0.2, 0.25) is 0 Å². The molecule has 112 valence electrons. The lowest BCUT2D eigenvalue weighted by Crippen LogP contribution is -2.28. The summed E-state index contributed by atoms with van der Waals surface area (Å²) in [4.78, 5) is 10.2. The molecule has 1 saturated heterocycles. The van der Waals surface area contributed by atoms with Gasteiger partial charge >= 0.3 is 0 Å². The number of aliphatic carboxylic acids is 1. The molecule has 0 spiro atoms. The summed E-state index contributed by atoms with van der Waals surface area (Å²) in [7, 11) is 0. The highest BCUT2D eigenvalue weighted by atomic mass is 16.6. The summed E-state index contributed by atoms with van der Waals surface area (Å²) in [6.45, 7) is 2.25. The van der Waals surface area contributed by atoms with E-state index in [-0.39, 0.29) is 6.42 Å². The quantitative estimate of drug-likeness (QED) is 0.540. The summed E-state index contributed by atoms with van der Waals surface area (Å²) in [5.74, 6) is -0.922. The van der Waals surface area contributed by atoms with Crippen LogP contribution in [0.4, 0.5) is 0 Å². The number of carbonyl (C=O) groups is 1. The fourth-order valence-electron chi connectivity index (χ4n) is 2.41. The molecule has 1 fully saturated rings. The number of carbonyl (C=O) groups excluding carboxylic acids is 1. The number of hydrogen-bond acceptors (Lipinski definition) is 4. The number of hydrogen-bond donors (Lipinski definition) is 0. The summed E-state index contributed by atoms with van der Waals surface area (Å²) in [6.07, 6.45) is 10.8. The van der Waals surface area contributed by atoms with Gasteiger partial charge in [0.1, 0.15) is 0 Å². The highest BCUT2D eigenvalue weighted by Crippen LogP contribution is 2.13. The molecule has 0 amide bonds. The maximum atomic E-state index is 10.2. The number of unbranched alkanes of at least 4 members (excludes halogenated alkanes) is 7. The monoisotopic (exact) mass is 271 g/mol. The second-order valence-electron chi connectivity index (χ2n) is 5.31. The number of ether oxygens (including phenoxy) is 2. The molecule has 1 rings (SSSR count). The molecular weight excluding hydrogens is 244 g/mol. The summed E-state index contributed by atoms with van der Waals surface area (Å²) in [6, 6.07) is 0. The van der Waals surface area contributed by atoms with Crippen molar-refractivity contribution in [3.63, 3.8) is 0 Å². The first-order valence-electron chi connectivity index (χ1n) is 7.68. The molecule has 4 nitrogen and oxygen atoms in total. The Morgan fingerprint density at radius 1 is 0.947 bits per heavy atom. The van der Waals surface area contributed by atoms with E-state index < -0.39 is 5.97 Å². The van der Waals surface area contributed by atoms with Crippen molar-refractivity contribution in [3.05, 3.63) is 0 Å². The van der Waals surface area contributed by atoms with Gasteiger partial charge < -0.3 is 19.4 Å². The topological polar surface area (TPSA) is 58.6 Å². The third kappa shape index (κ3) is 9.91. The Labute approximate surface area is 116 Å². The second-order valence-corrected chi connectivity index (χ2v) is 5.31. The Morgan fingerprint density at radius 2 is 1.58 bits per heavy atom. The van der Waals surface area contributed by atoms with Gasteiger partial charge in [-0.25, -0.2) is 0 Å². The van der Waals surface area contributed by atoms with E-state index in [0.717, 1.165) is 45.5 Å². The Kier molecular flexibility index (Phi) is 9.72. The maximum Gasteiger partial charge on any atom is 0.0809 e. The van der Waals surface area contributed by atoms with Crippen LogP contribution in [0.2, 0.25) is 0 Å². The van der Waals surface area contributed by atoms with Crippen LogP contribution in [0.1, 0.15) is 64.2 Å². The largest absolute Gasteiger partial charge is 0.550 e. The minimum absolute atomic E-state index is 0.212. The molecule has 0 aromatic rings. The molecule has 0 unspecified atom stereocenters. The lowest BCUT2D eigenvalue weighted by atomic mass is 10.0. The van der Waals surface area contributed by atoms with Gasteiger partial charge in [-0.15, -0.1) is 0 Å². The van der Waals surface area contributed by atoms with E-state index in [2.05, 4.69) is 0 Å². The van der Waals surface area contributed by atoms with Crippen molar-refractivity contribution in [1.29, 1.82) is 0 Å². The average Bonchev–Trinajstić information content (AvgIpc) is 2.42. The van der Waals surface area contributed by atoms with Gasteiger partial charge in [0.05, 0.1) is 25.9 Å². The Bertz CT molecular complexity index is 224. The number of carboxylic acid groups (broad SMARTS) is 1. The van der Waals surface area contributed by atoms with Crippen LogP contribution >= 0.6 is 0 Å². The van der Waals surface area contributed by atoms with Crippen LogP contribution in [-0.4, -0.2) is 31.9 Å². The van der Waals surface area contributed by atoms with Gasteiger partial charge in [0.25, 0.3) is 0 Å². The average molecular weight is 271 g/mol. The van der Waals surface area contributed by atoms with Crippen LogP contribution in [-0.2, 0) is 14.3 Å². The SMILES string of the molecule is O=C([O-])CCCCCCCCCC[C@@H]1COCCO1. The maximum absolute atomic E-state index is 10.2. The van der Waals surface area contributed by atoms with Crippen LogP contribution in [0.3, 0.4) is 0 Å². The van der Waals surface area contributed by atoms with Crippen LogP contribution in [0.15, 0.2) is 0 Å². The highest BCUT2D eigenvalue weighted by Gasteiger charge is 2.12. The first kappa shape index (κ1) is 16.4. The third-order valence-electron chi connectivity index (χ3n) is 3.54. The summed E-state index contributed by atoms with van der Waals surface area (Å²) < 4.78 is 11.0. The standard InChI is InChI=1S/C15H28O4/c16-15(17)10-8-6-4-2-1-3-5-7-9-14-13-18-11-12-19-14/h14H,1-13H2,(H,16,17)/p-1/t14-/m1/s1. The number of rotatable bonds is 11. The van der Waals surface area contributed by atoms with E-state index >= 15 is 0 Å². The van der Waals surface area contributed by atoms with Gasteiger partial charge in [-0.3, -0.25) is 0 Å². The summed E-state index contributed by atoms with van der Waals surface area (Å²) in [5.41, 5.74) is 0. The Hall–Kier alpha value is -0.610. The molecule has 1 heterocycles. The van der Waals surface area contributed by atoms with Gasteiger partial charge in [0, 0.05) is 5.97 Å². The van der Waals surface area contributed by atoms with E-state index in [9.17, 15) is 9.90 Å². The van der Waals surface area contributed by atoms with Crippen molar-refractivity contribution in [2.24, 2.45) is 0 Å². The van der Waals surface area contributed by atoms with Gasteiger partial charge in [-0.1, -0.05) is 44.9 Å². The fourth-order valence-corrected chi connectivity index (χ4v) is 2.41. The molecule has 19 heavy (non-hydrogen) atoms. The van der Waals surface area contributed by atoms with Crippen molar-refractivity contribution in [1.82, 2.24) is 0 Å². The van der Waals surface area contributed by atoms with Crippen LogP contribution in [0, 0.1) is 0 Å². The Balaban J connectivity index is 1.74. The smallest absolute Gasteiger partial charge is 0.0809 e. The van der Waals surface area contributed by atoms with Crippen molar-refractivity contribution in [2.75, 3.05) is 19.8 Å². The highest BCUT2D eigenvalue weighted by molar-refractivity contribution is 5.63. The summed E-state index contributed by atoms with van der Waals surface area (Å²) >= 11 is 0. The lowest BCUT2D eigenvalue weighted by molar-refractivity contribution is -0.305. The normalized spacial score (nSPS) is 19.5. The first-order chi connectivity index (χ1) is 9.29. The van der Waals surface area contributed by atoms with Crippen molar-refractivity contribution in [3.8, 4) is 0 Å². The van der Waals surface area contributed by atoms with E-state index in [4.69, 9.17) is 9.47 Å². The minimum Gasteiger partial charge on any atom is -0.550 e. The molecule has 1 aliphatic heterocycles. The second kappa shape index (κ2) is 11.2. The van der Waals surface area contributed by atoms with Crippen LogP contribution in [0.25, 0.3) is 0 Å². The molecule has 0 saturated carbocycles. The van der Waals surface area contributed by atoms with Crippen molar-refractivity contribution < 1.29 is 19.4 Å². The third-order valence-corrected chi connectivity index (χ3v) is 3.54. The van der Waals surface area contributed by atoms with Gasteiger partial charge in [0.15, 0.2) is 0 Å². The zero-order valence-corrected chi connectivity index (χ0v) is 11.9. The molecule has 0 aromatic carbocycles. The molecule has 0 aromatic heterocycles. The minimum atomic E-state index is -0.922. The van der Waals surface area contributed by atoms with E-state index in [1.807, 2.05) is 0 Å². The van der Waals surface area contributed by atoms with E-state index in [1.165, 1.54) is 32.1 Å².